The maximum atomic E-state index is 6.56. The molecular formula is C21H18N4O. The molecule has 2 aromatic heterocycles. The number of nitrogens with zero attached hydrogens (tertiary/aromatic N) is 3. The number of nitrogens with two attached hydrogens (primary N) is 1. The number of hydrogen-bond donors (Lipinski definition) is 1. The summed E-state index contributed by atoms with van der Waals surface area (Å²) in [7, 11) is 1.67. The van der Waals surface area contributed by atoms with Crippen molar-refractivity contribution in [3.8, 4) is 16.9 Å². The molecule has 0 saturated carbocycles. The lowest BCUT2D eigenvalue weighted by Gasteiger charge is -2.21. The molecule has 3 aromatic rings. The summed E-state index contributed by atoms with van der Waals surface area (Å²) >= 11 is 0. The number of nitrogen functional groups attached to an aromatic ring is 1. The predicted molar refractivity (Wildman–Crippen MR) is 102 cm³/mol. The highest BCUT2D eigenvalue weighted by Crippen LogP contribution is 2.39. The van der Waals surface area contributed by atoms with Crippen molar-refractivity contribution >= 4 is 16.6 Å². The number of anilines is 1. The minimum absolute atomic E-state index is 0.778. The van der Waals surface area contributed by atoms with E-state index in [4.69, 9.17) is 15.5 Å². The summed E-state index contributed by atoms with van der Waals surface area (Å²) in [5, 5.41) is 0.979. The molecule has 0 fully saturated rings. The van der Waals surface area contributed by atoms with Crippen molar-refractivity contribution < 1.29 is 4.74 Å². The Balaban J connectivity index is 1.70. The van der Waals surface area contributed by atoms with Crippen LogP contribution in [0.25, 0.3) is 22.0 Å². The van der Waals surface area contributed by atoms with Gasteiger partial charge in [0.15, 0.2) is 0 Å². The third-order valence-corrected chi connectivity index (χ3v) is 5.13. The maximum Gasteiger partial charge on any atom is 0.129 e. The van der Waals surface area contributed by atoms with Gasteiger partial charge in [-0.2, -0.15) is 0 Å². The number of methoxy groups -OCH3 is 1. The molecule has 1 aliphatic heterocycles. The monoisotopic (exact) mass is 342 g/mol. The largest absolute Gasteiger partial charge is 0.496 e. The summed E-state index contributed by atoms with van der Waals surface area (Å²) in [5.41, 5.74) is 13.6. The van der Waals surface area contributed by atoms with Crippen LogP contribution in [0.1, 0.15) is 11.3 Å². The van der Waals surface area contributed by atoms with Crippen LogP contribution in [-0.4, -0.2) is 22.0 Å². The van der Waals surface area contributed by atoms with Crippen molar-refractivity contribution in [3.63, 3.8) is 0 Å². The lowest BCUT2D eigenvalue weighted by molar-refractivity contribution is 0.370. The summed E-state index contributed by atoms with van der Waals surface area (Å²) in [4.78, 5) is 11.6. The number of hydrogen-bond acceptors (Lipinski definition) is 5. The molecule has 0 saturated heterocycles. The van der Waals surface area contributed by atoms with Gasteiger partial charge in [-0.25, -0.2) is 4.98 Å². The van der Waals surface area contributed by atoms with Gasteiger partial charge < -0.3 is 15.4 Å². The summed E-state index contributed by atoms with van der Waals surface area (Å²) < 4.78 is 5.52. The lowest BCUT2D eigenvalue weighted by atomic mass is 10.00. The van der Waals surface area contributed by atoms with Crippen molar-refractivity contribution in [2.45, 2.75) is 13.1 Å². The fraction of sp³-hybridized carbons (Fsp3) is 0.143. The first-order valence-corrected chi connectivity index (χ1v) is 8.58. The second kappa shape index (κ2) is 5.59. The normalized spacial score (nSPS) is 15.0. The quantitative estimate of drug-likeness (QED) is 0.787. The van der Waals surface area contributed by atoms with E-state index < -0.39 is 0 Å². The van der Waals surface area contributed by atoms with E-state index in [0.717, 1.165) is 57.8 Å². The molecule has 0 amide bonds. The Kier molecular flexibility index (Phi) is 3.22. The van der Waals surface area contributed by atoms with Crippen LogP contribution in [0.5, 0.6) is 5.75 Å². The molecule has 0 spiro atoms. The molecule has 1 aliphatic carbocycles. The molecule has 5 heteroatoms. The summed E-state index contributed by atoms with van der Waals surface area (Å²) in [6, 6.07) is 7.96. The SMILES string of the molecule is COc1ccncc1-c1cccc2c(N)c3c(nc12)CN(C1=CC=C1)C3. The Morgan fingerprint density at radius 3 is 2.81 bits per heavy atom. The zero-order valence-electron chi connectivity index (χ0n) is 14.4. The number of pyridine rings is 2. The molecule has 26 heavy (non-hydrogen) atoms. The highest BCUT2D eigenvalue weighted by atomic mass is 16.5. The van der Waals surface area contributed by atoms with Gasteiger partial charge in [-0.3, -0.25) is 4.98 Å². The highest BCUT2D eigenvalue weighted by molar-refractivity contribution is 6.01. The average Bonchev–Trinajstić information content (AvgIpc) is 3.03. The standard InChI is InChI=1S/C21H18N4O/c1-26-19-8-9-23-10-16(19)14-6-3-7-15-20(22)17-11-25(13-4-2-5-13)12-18(17)24-21(14)15/h2-10H,11-12H2,1H3,(H2,22,24). The molecule has 2 aliphatic rings. The molecular weight excluding hydrogens is 324 g/mol. The van der Waals surface area contributed by atoms with E-state index in [2.05, 4.69) is 28.1 Å². The average molecular weight is 342 g/mol. The zero-order valence-corrected chi connectivity index (χ0v) is 14.4. The van der Waals surface area contributed by atoms with Crippen LogP contribution in [0.15, 0.2) is 60.6 Å². The molecule has 0 atom stereocenters. The number of benzene rings is 1. The molecule has 128 valence electrons. The van der Waals surface area contributed by atoms with Crippen LogP contribution >= 0.6 is 0 Å². The summed E-state index contributed by atoms with van der Waals surface area (Å²) in [5.74, 6) is 0.778. The van der Waals surface area contributed by atoms with E-state index in [9.17, 15) is 0 Å². The number of para-hydroxylation sites is 1. The van der Waals surface area contributed by atoms with Crippen molar-refractivity contribution in [1.82, 2.24) is 14.9 Å². The number of rotatable bonds is 3. The molecule has 5 nitrogen and oxygen atoms in total. The Morgan fingerprint density at radius 1 is 1.15 bits per heavy atom. The Hall–Kier alpha value is -3.34. The van der Waals surface area contributed by atoms with Crippen molar-refractivity contribution in [1.29, 1.82) is 0 Å². The third-order valence-electron chi connectivity index (χ3n) is 5.13. The highest BCUT2D eigenvalue weighted by Gasteiger charge is 2.26. The Labute approximate surface area is 151 Å². The van der Waals surface area contributed by atoms with Gasteiger partial charge in [-0.05, 0) is 18.2 Å². The van der Waals surface area contributed by atoms with Crippen LogP contribution < -0.4 is 10.5 Å². The van der Waals surface area contributed by atoms with Gasteiger partial charge in [-0.1, -0.05) is 24.3 Å². The van der Waals surface area contributed by atoms with Gasteiger partial charge in [-0.15, -0.1) is 0 Å². The molecule has 0 radical (unpaired) electrons. The van der Waals surface area contributed by atoms with E-state index >= 15 is 0 Å². The van der Waals surface area contributed by atoms with Gasteiger partial charge in [0.2, 0.25) is 0 Å². The van der Waals surface area contributed by atoms with Crippen molar-refractivity contribution in [2.75, 3.05) is 12.8 Å². The fourth-order valence-corrected chi connectivity index (χ4v) is 3.69. The number of fused-ring (bicyclic) bond motifs is 2. The Morgan fingerprint density at radius 2 is 2.04 bits per heavy atom. The molecule has 5 rings (SSSR count). The third kappa shape index (κ3) is 2.10. The minimum atomic E-state index is 0.778. The van der Waals surface area contributed by atoms with E-state index in [-0.39, 0.29) is 0 Å². The Bertz CT molecular complexity index is 1100. The summed E-state index contributed by atoms with van der Waals surface area (Å²) in [6.45, 7) is 1.59. The molecule has 1 aromatic carbocycles. The van der Waals surface area contributed by atoms with Gasteiger partial charge in [0.05, 0.1) is 24.9 Å². The fourth-order valence-electron chi connectivity index (χ4n) is 3.69. The number of aromatic nitrogens is 2. The number of allylic oxidation sites excluding steroid dienone is 3. The second-order valence-electron chi connectivity index (χ2n) is 6.54. The zero-order chi connectivity index (χ0) is 17.7. The van der Waals surface area contributed by atoms with Gasteiger partial charge >= 0.3 is 0 Å². The molecule has 2 N–H and O–H groups in total. The van der Waals surface area contributed by atoms with Crippen LogP contribution in [-0.2, 0) is 13.1 Å². The second-order valence-corrected chi connectivity index (χ2v) is 6.54. The minimum Gasteiger partial charge on any atom is -0.496 e. The molecule has 0 bridgehead atoms. The number of ether oxygens (including phenoxy) is 1. The van der Waals surface area contributed by atoms with E-state index in [1.165, 1.54) is 5.70 Å². The van der Waals surface area contributed by atoms with Gasteiger partial charge in [0, 0.05) is 52.4 Å². The molecule has 3 heterocycles. The lowest BCUT2D eigenvalue weighted by Crippen LogP contribution is -2.16. The van der Waals surface area contributed by atoms with Crippen molar-refractivity contribution in [2.24, 2.45) is 0 Å². The first kappa shape index (κ1) is 15.0. The van der Waals surface area contributed by atoms with Crippen LogP contribution in [0.4, 0.5) is 5.69 Å². The smallest absolute Gasteiger partial charge is 0.129 e. The van der Waals surface area contributed by atoms with E-state index in [1.54, 1.807) is 13.3 Å². The topological polar surface area (TPSA) is 64.3 Å². The first-order chi connectivity index (χ1) is 12.8. The predicted octanol–water partition coefficient (Wildman–Crippen LogP) is 3.66. The summed E-state index contributed by atoms with van der Waals surface area (Å²) in [6.07, 6.45) is 9.83. The molecule has 0 unspecified atom stereocenters. The van der Waals surface area contributed by atoms with E-state index in [0.29, 0.717) is 0 Å². The maximum absolute atomic E-state index is 6.56. The van der Waals surface area contributed by atoms with Crippen LogP contribution in [0.2, 0.25) is 0 Å². The van der Waals surface area contributed by atoms with Crippen LogP contribution in [0, 0.1) is 0 Å². The van der Waals surface area contributed by atoms with Gasteiger partial charge in [0.25, 0.3) is 0 Å². The van der Waals surface area contributed by atoms with Crippen LogP contribution in [0.3, 0.4) is 0 Å². The van der Waals surface area contributed by atoms with Crippen molar-refractivity contribution in [3.05, 3.63) is 71.8 Å². The van der Waals surface area contributed by atoms with Gasteiger partial charge in [0.1, 0.15) is 5.75 Å². The van der Waals surface area contributed by atoms with E-state index in [1.807, 2.05) is 30.5 Å². The first-order valence-electron chi connectivity index (χ1n) is 8.58.